The number of aryl methyl sites for hydroxylation is 1. The number of hydrogen-bond acceptors (Lipinski definition) is 3. The highest BCUT2D eigenvalue weighted by atomic mass is 35.7. The Balaban J connectivity index is 2.58. The van der Waals surface area contributed by atoms with Gasteiger partial charge in [-0.1, -0.05) is 19.1 Å². The summed E-state index contributed by atoms with van der Waals surface area (Å²) in [6, 6.07) is 6.28. The van der Waals surface area contributed by atoms with E-state index in [-0.39, 0.29) is 10.8 Å². The van der Waals surface area contributed by atoms with Gasteiger partial charge in [0.25, 0.3) is 9.05 Å². The van der Waals surface area contributed by atoms with Crippen LogP contribution >= 0.6 is 10.7 Å². The van der Waals surface area contributed by atoms with Crippen LogP contribution < -0.4 is 0 Å². The summed E-state index contributed by atoms with van der Waals surface area (Å²) in [5.41, 5.74) is 0.919. The molecule has 1 aromatic rings. The van der Waals surface area contributed by atoms with Crippen molar-refractivity contribution in [2.24, 2.45) is 0 Å². The summed E-state index contributed by atoms with van der Waals surface area (Å²) in [7, 11) is 3.34. The number of rotatable bonds is 6. The zero-order valence-corrected chi connectivity index (χ0v) is 12.7. The first-order valence-corrected chi connectivity index (χ1v) is 8.43. The van der Waals surface area contributed by atoms with Gasteiger partial charge in [0.15, 0.2) is 0 Å². The smallest absolute Gasteiger partial charge is 0.261 e. The summed E-state index contributed by atoms with van der Waals surface area (Å²) in [5, 5.41) is 0. The second kappa shape index (κ2) is 6.91. The molecule has 0 atom stereocenters. The maximum Gasteiger partial charge on any atom is 0.261 e. The summed E-state index contributed by atoms with van der Waals surface area (Å²) in [4.78, 5) is 13.5. The minimum atomic E-state index is -3.67. The monoisotopic (exact) mass is 303 g/mol. The second-order valence-corrected chi connectivity index (χ2v) is 6.96. The van der Waals surface area contributed by atoms with E-state index in [1.54, 1.807) is 24.1 Å². The number of amides is 1. The molecule has 0 aliphatic heterocycles. The van der Waals surface area contributed by atoms with Crippen LogP contribution in [0.5, 0.6) is 0 Å². The van der Waals surface area contributed by atoms with Gasteiger partial charge in [0.05, 0.1) is 4.90 Å². The molecule has 0 aliphatic rings. The Hall–Kier alpha value is -1.07. The molecule has 1 aromatic carbocycles. The van der Waals surface area contributed by atoms with Gasteiger partial charge in [0.2, 0.25) is 5.91 Å². The summed E-state index contributed by atoms with van der Waals surface area (Å²) in [5.74, 6) is 0.0934. The summed E-state index contributed by atoms with van der Waals surface area (Å²) < 4.78 is 22.2. The lowest BCUT2D eigenvalue weighted by Crippen LogP contribution is -2.27. The summed E-state index contributed by atoms with van der Waals surface area (Å²) >= 11 is 0. The Kier molecular flexibility index (Phi) is 5.82. The number of benzene rings is 1. The SMILES string of the molecule is CCCN(C)C(=O)CCc1ccc(S(=O)(=O)Cl)cc1. The number of hydrogen-bond donors (Lipinski definition) is 0. The minimum Gasteiger partial charge on any atom is -0.346 e. The summed E-state index contributed by atoms with van der Waals surface area (Å²) in [6.07, 6.45) is 1.95. The highest BCUT2D eigenvalue weighted by Gasteiger charge is 2.10. The van der Waals surface area contributed by atoms with Gasteiger partial charge < -0.3 is 4.90 Å². The van der Waals surface area contributed by atoms with E-state index in [2.05, 4.69) is 0 Å². The van der Waals surface area contributed by atoms with E-state index in [1.165, 1.54) is 12.1 Å². The lowest BCUT2D eigenvalue weighted by Gasteiger charge is -2.15. The van der Waals surface area contributed by atoms with Crippen LogP contribution in [0.25, 0.3) is 0 Å². The standard InChI is InChI=1S/C13H18ClNO3S/c1-3-10-15(2)13(16)9-6-11-4-7-12(8-5-11)19(14,17)18/h4-5,7-8H,3,6,9-10H2,1-2H3. The molecule has 0 saturated carbocycles. The van der Waals surface area contributed by atoms with Crippen LogP contribution in [0.1, 0.15) is 25.3 Å². The molecule has 0 N–H and O–H groups in total. The molecule has 0 unspecified atom stereocenters. The minimum absolute atomic E-state index is 0.0762. The number of nitrogens with zero attached hydrogens (tertiary/aromatic N) is 1. The van der Waals surface area contributed by atoms with Crippen molar-refractivity contribution in [1.29, 1.82) is 0 Å². The quantitative estimate of drug-likeness (QED) is 0.758. The van der Waals surface area contributed by atoms with Crippen molar-refractivity contribution in [1.82, 2.24) is 4.90 Å². The van der Waals surface area contributed by atoms with Gasteiger partial charge in [0.1, 0.15) is 0 Å². The van der Waals surface area contributed by atoms with Crippen LogP contribution in [0.4, 0.5) is 0 Å². The summed E-state index contributed by atoms with van der Waals surface area (Å²) in [6.45, 7) is 2.78. The van der Waals surface area contributed by atoms with Gasteiger partial charge in [-0.15, -0.1) is 0 Å². The molecule has 6 heteroatoms. The van der Waals surface area contributed by atoms with Gasteiger partial charge in [0, 0.05) is 30.7 Å². The number of halogens is 1. The van der Waals surface area contributed by atoms with E-state index >= 15 is 0 Å². The fourth-order valence-corrected chi connectivity index (χ4v) is 2.49. The first-order valence-electron chi connectivity index (χ1n) is 6.12. The average molecular weight is 304 g/mol. The third-order valence-electron chi connectivity index (χ3n) is 2.82. The van der Waals surface area contributed by atoms with Crippen molar-refractivity contribution in [3.8, 4) is 0 Å². The van der Waals surface area contributed by atoms with Gasteiger partial charge in [-0.05, 0) is 30.5 Å². The lowest BCUT2D eigenvalue weighted by molar-refractivity contribution is -0.129. The van der Waals surface area contributed by atoms with E-state index in [0.717, 1.165) is 18.5 Å². The van der Waals surface area contributed by atoms with E-state index < -0.39 is 9.05 Å². The highest BCUT2D eigenvalue weighted by Crippen LogP contribution is 2.16. The van der Waals surface area contributed by atoms with Crippen molar-refractivity contribution in [3.05, 3.63) is 29.8 Å². The Bertz CT molecular complexity index is 525. The lowest BCUT2D eigenvalue weighted by atomic mass is 10.1. The Morgan fingerprint density at radius 3 is 2.32 bits per heavy atom. The Morgan fingerprint density at radius 1 is 1.26 bits per heavy atom. The van der Waals surface area contributed by atoms with Crippen LogP contribution in [-0.4, -0.2) is 32.8 Å². The first-order chi connectivity index (χ1) is 8.84. The van der Waals surface area contributed by atoms with Gasteiger partial charge in [-0.25, -0.2) is 8.42 Å². The van der Waals surface area contributed by atoms with Crippen molar-refractivity contribution >= 4 is 25.6 Å². The van der Waals surface area contributed by atoms with Gasteiger partial charge in [-0.3, -0.25) is 4.79 Å². The zero-order chi connectivity index (χ0) is 14.5. The first kappa shape index (κ1) is 16.0. The molecule has 0 radical (unpaired) electrons. The molecule has 4 nitrogen and oxygen atoms in total. The molecule has 19 heavy (non-hydrogen) atoms. The second-order valence-electron chi connectivity index (χ2n) is 4.40. The molecule has 0 bridgehead atoms. The van der Waals surface area contributed by atoms with Crippen LogP contribution in [0.15, 0.2) is 29.2 Å². The maximum absolute atomic E-state index is 11.7. The van der Waals surface area contributed by atoms with Crippen LogP contribution in [0.2, 0.25) is 0 Å². The van der Waals surface area contributed by atoms with E-state index in [9.17, 15) is 13.2 Å². The fourth-order valence-electron chi connectivity index (χ4n) is 1.72. The molecule has 106 valence electrons. The fraction of sp³-hybridized carbons (Fsp3) is 0.462. The Labute approximate surface area is 118 Å². The third kappa shape index (κ3) is 5.20. The molecular formula is C13H18ClNO3S. The van der Waals surface area contributed by atoms with Crippen LogP contribution in [0, 0.1) is 0 Å². The topological polar surface area (TPSA) is 54.5 Å². The van der Waals surface area contributed by atoms with Crippen LogP contribution in [-0.2, 0) is 20.3 Å². The van der Waals surface area contributed by atoms with Crippen molar-refractivity contribution < 1.29 is 13.2 Å². The van der Waals surface area contributed by atoms with Gasteiger partial charge in [-0.2, -0.15) is 0 Å². The van der Waals surface area contributed by atoms with E-state index in [4.69, 9.17) is 10.7 Å². The van der Waals surface area contributed by atoms with Gasteiger partial charge >= 0.3 is 0 Å². The van der Waals surface area contributed by atoms with Crippen molar-refractivity contribution in [2.75, 3.05) is 13.6 Å². The Morgan fingerprint density at radius 2 is 1.84 bits per heavy atom. The molecular weight excluding hydrogens is 286 g/mol. The highest BCUT2D eigenvalue weighted by molar-refractivity contribution is 8.13. The molecule has 1 rings (SSSR count). The molecule has 0 fully saturated rings. The molecule has 0 aliphatic carbocycles. The molecule has 0 aromatic heterocycles. The number of carbonyl (C=O) groups excluding carboxylic acids is 1. The molecule has 1 amide bonds. The predicted molar refractivity (Wildman–Crippen MR) is 75.7 cm³/mol. The molecule has 0 heterocycles. The average Bonchev–Trinajstić information content (AvgIpc) is 2.35. The largest absolute Gasteiger partial charge is 0.346 e. The zero-order valence-electron chi connectivity index (χ0n) is 11.1. The third-order valence-corrected chi connectivity index (χ3v) is 4.19. The predicted octanol–water partition coefficient (Wildman–Crippen LogP) is 2.42. The van der Waals surface area contributed by atoms with E-state index in [0.29, 0.717) is 12.8 Å². The molecule has 0 saturated heterocycles. The van der Waals surface area contributed by atoms with Crippen LogP contribution in [0.3, 0.4) is 0 Å². The van der Waals surface area contributed by atoms with Crippen molar-refractivity contribution in [2.45, 2.75) is 31.1 Å². The van der Waals surface area contributed by atoms with Crippen molar-refractivity contribution in [3.63, 3.8) is 0 Å². The normalized spacial score (nSPS) is 11.3. The maximum atomic E-state index is 11.7. The van der Waals surface area contributed by atoms with E-state index in [1.807, 2.05) is 6.92 Å². The number of carbonyl (C=O) groups is 1. The molecule has 0 spiro atoms.